The van der Waals surface area contributed by atoms with Crippen molar-refractivity contribution < 1.29 is 32.2 Å². The summed E-state index contributed by atoms with van der Waals surface area (Å²) in [5.74, 6) is -1.01. The zero-order valence-corrected chi connectivity index (χ0v) is 16.0. The lowest BCUT2D eigenvalue weighted by molar-refractivity contribution is -0.207. The van der Waals surface area contributed by atoms with Crippen molar-refractivity contribution in [3.63, 3.8) is 0 Å². The minimum Gasteiger partial charge on any atom is -0.482 e. The van der Waals surface area contributed by atoms with Gasteiger partial charge < -0.3 is 9.84 Å². The number of hydrogen-bond donors (Lipinski definition) is 1. The molecule has 140 valence electrons. The lowest BCUT2D eigenvalue weighted by Gasteiger charge is -2.18. The van der Waals surface area contributed by atoms with E-state index in [4.69, 9.17) is 16.3 Å². The number of aliphatic hydroxyl groups is 1. The Labute approximate surface area is 164 Å². The van der Waals surface area contributed by atoms with Crippen molar-refractivity contribution >= 4 is 40.0 Å². The molecule has 0 amide bonds. The van der Waals surface area contributed by atoms with E-state index >= 15 is 0 Å². The van der Waals surface area contributed by atoms with Gasteiger partial charge in [-0.3, -0.25) is 4.79 Å². The first-order chi connectivity index (χ1) is 12.0. The number of Topliss-reactive ketones (excluding diaryl/α,β-unsaturated/α-hetero) is 1. The molecule has 0 spiro atoms. The van der Waals surface area contributed by atoms with Gasteiger partial charge in [0.05, 0.1) is 14.3 Å². The van der Waals surface area contributed by atoms with E-state index in [0.29, 0.717) is 0 Å². The second-order valence-electron chi connectivity index (χ2n) is 5.27. The molecule has 0 saturated heterocycles. The van der Waals surface area contributed by atoms with E-state index in [1.54, 1.807) is 22.6 Å². The van der Waals surface area contributed by atoms with Gasteiger partial charge in [-0.2, -0.15) is 13.2 Å². The Kier molecular flexibility index (Phi) is 6.46. The molecule has 4 nitrogen and oxygen atoms in total. The van der Waals surface area contributed by atoms with Crippen molar-refractivity contribution in [2.45, 2.75) is 19.2 Å². The van der Waals surface area contributed by atoms with Crippen LogP contribution in [0.5, 0.6) is 5.75 Å². The number of carbonyl (C=O) groups excluding carboxylic acids is 1. The fourth-order valence-electron chi connectivity index (χ4n) is 1.98. The first-order valence-electron chi connectivity index (χ1n) is 7.03. The summed E-state index contributed by atoms with van der Waals surface area (Å²) in [6, 6.07) is 4.44. The lowest BCUT2D eigenvalue weighted by Crippen LogP contribution is -2.22. The number of hydrogen-bond acceptors (Lipinski definition) is 4. The summed E-state index contributed by atoms with van der Waals surface area (Å²) in [5.41, 5.74) is -0.588. The van der Waals surface area contributed by atoms with E-state index in [0.717, 1.165) is 12.1 Å². The fraction of sp³-hybridized carbons (Fsp3) is 0.250. The van der Waals surface area contributed by atoms with Crippen LogP contribution in [-0.4, -0.2) is 28.7 Å². The van der Waals surface area contributed by atoms with Crippen molar-refractivity contribution in [3.8, 4) is 17.0 Å². The molecule has 1 heterocycles. The molecule has 0 saturated carbocycles. The number of rotatable bonds is 5. The van der Waals surface area contributed by atoms with Gasteiger partial charge in [-0.05, 0) is 53.8 Å². The summed E-state index contributed by atoms with van der Waals surface area (Å²) >= 11 is 7.43. The van der Waals surface area contributed by atoms with E-state index in [9.17, 15) is 27.5 Å². The number of aromatic nitrogens is 1. The SMILES string of the molecule is CC(=O)COc1c(I)cc(C(O)C(F)(F)F)nc1-c1ccc(F)c(Cl)c1. The van der Waals surface area contributed by atoms with E-state index in [-0.39, 0.29) is 38.0 Å². The number of nitrogens with zero attached hydrogens (tertiary/aromatic N) is 1. The summed E-state index contributed by atoms with van der Waals surface area (Å²) < 4.78 is 57.4. The van der Waals surface area contributed by atoms with Crippen LogP contribution in [0, 0.1) is 9.39 Å². The van der Waals surface area contributed by atoms with Crippen LogP contribution in [0.1, 0.15) is 18.7 Å². The average molecular weight is 504 g/mol. The highest BCUT2D eigenvalue weighted by Gasteiger charge is 2.41. The Morgan fingerprint density at radius 3 is 2.58 bits per heavy atom. The monoisotopic (exact) mass is 503 g/mol. The Morgan fingerprint density at radius 1 is 1.38 bits per heavy atom. The van der Waals surface area contributed by atoms with Crippen molar-refractivity contribution in [2.24, 2.45) is 0 Å². The standard InChI is InChI=1S/C16H11ClF4INO3/c1-7(24)6-26-14-11(22)5-12(15(25)16(19,20)21)23-13(14)8-2-3-10(18)9(17)4-8/h2-5,15,25H,6H2,1H3. The molecule has 10 heteroatoms. The third-order valence-electron chi connectivity index (χ3n) is 3.15. The molecule has 1 N–H and O–H groups in total. The Balaban J connectivity index is 2.64. The molecule has 0 radical (unpaired) electrons. The number of ketones is 1. The summed E-state index contributed by atoms with van der Waals surface area (Å²) in [6.07, 6.45) is -7.73. The molecule has 1 atom stereocenters. The molecular weight excluding hydrogens is 493 g/mol. The van der Waals surface area contributed by atoms with Gasteiger partial charge in [-0.15, -0.1) is 0 Å². The van der Waals surface area contributed by atoms with Gasteiger partial charge in [-0.1, -0.05) is 11.6 Å². The van der Waals surface area contributed by atoms with Gasteiger partial charge >= 0.3 is 6.18 Å². The summed E-state index contributed by atoms with van der Waals surface area (Å²) in [4.78, 5) is 15.0. The van der Waals surface area contributed by atoms with Crippen molar-refractivity contribution in [1.29, 1.82) is 0 Å². The second kappa shape index (κ2) is 8.05. The fourth-order valence-corrected chi connectivity index (χ4v) is 2.89. The van der Waals surface area contributed by atoms with E-state index < -0.39 is 23.8 Å². The van der Waals surface area contributed by atoms with Crippen LogP contribution in [0.2, 0.25) is 5.02 Å². The highest BCUT2D eigenvalue weighted by atomic mass is 127. The number of halogens is 6. The van der Waals surface area contributed by atoms with Crippen molar-refractivity contribution in [1.82, 2.24) is 4.98 Å². The Hall–Kier alpha value is -1.46. The van der Waals surface area contributed by atoms with Crippen LogP contribution in [0.4, 0.5) is 17.6 Å². The molecule has 0 aliphatic rings. The molecule has 26 heavy (non-hydrogen) atoms. The minimum absolute atomic E-state index is 0.0293. The van der Waals surface area contributed by atoms with Crippen molar-refractivity contribution in [3.05, 3.63) is 44.4 Å². The molecular formula is C16H11ClF4INO3. The third kappa shape index (κ3) is 4.83. The Morgan fingerprint density at radius 2 is 2.04 bits per heavy atom. The summed E-state index contributed by atoms with van der Waals surface area (Å²) in [7, 11) is 0. The maximum atomic E-state index is 13.4. The molecule has 2 aromatic rings. The Bertz CT molecular complexity index is 845. The molecule has 1 aromatic carbocycles. The van der Waals surface area contributed by atoms with Gasteiger partial charge in [0.25, 0.3) is 0 Å². The number of ether oxygens (including phenoxy) is 1. The highest BCUT2D eigenvalue weighted by molar-refractivity contribution is 14.1. The van der Waals surface area contributed by atoms with Gasteiger partial charge in [0, 0.05) is 5.56 Å². The number of aliphatic hydroxyl groups excluding tert-OH is 1. The zero-order valence-electron chi connectivity index (χ0n) is 13.1. The van der Waals surface area contributed by atoms with Crippen LogP contribution in [0.3, 0.4) is 0 Å². The lowest BCUT2D eigenvalue weighted by atomic mass is 10.1. The molecule has 0 aliphatic carbocycles. The van der Waals surface area contributed by atoms with Gasteiger partial charge in [-0.25, -0.2) is 9.37 Å². The third-order valence-corrected chi connectivity index (χ3v) is 4.24. The summed E-state index contributed by atoms with van der Waals surface area (Å²) in [5, 5.41) is 9.22. The molecule has 0 bridgehead atoms. The highest BCUT2D eigenvalue weighted by Crippen LogP contribution is 2.39. The molecule has 1 unspecified atom stereocenters. The maximum absolute atomic E-state index is 13.4. The zero-order chi connectivity index (χ0) is 19.6. The van der Waals surface area contributed by atoms with Crippen LogP contribution in [0.15, 0.2) is 24.3 Å². The normalized spacial score (nSPS) is 12.8. The predicted octanol–water partition coefficient (Wildman–Crippen LogP) is 4.71. The first kappa shape index (κ1) is 20.8. The topological polar surface area (TPSA) is 59.4 Å². The van der Waals surface area contributed by atoms with Gasteiger partial charge in [0.2, 0.25) is 0 Å². The quantitative estimate of drug-likeness (QED) is 0.474. The number of alkyl halides is 3. The second-order valence-corrected chi connectivity index (χ2v) is 6.84. The number of pyridine rings is 1. The van der Waals surface area contributed by atoms with Crippen molar-refractivity contribution in [2.75, 3.05) is 6.61 Å². The largest absolute Gasteiger partial charge is 0.482 e. The molecule has 0 aliphatic heterocycles. The summed E-state index contributed by atoms with van der Waals surface area (Å²) in [6.45, 7) is 0.942. The van der Waals surface area contributed by atoms with E-state index in [2.05, 4.69) is 4.98 Å². The smallest absolute Gasteiger partial charge is 0.420 e. The molecule has 1 aromatic heterocycles. The predicted molar refractivity (Wildman–Crippen MR) is 94.5 cm³/mol. The molecule has 2 rings (SSSR count). The minimum atomic E-state index is -4.92. The van der Waals surface area contributed by atoms with Crippen LogP contribution in [0.25, 0.3) is 11.3 Å². The van der Waals surface area contributed by atoms with Gasteiger partial charge in [0.1, 0.15) is 18.1 Å². The van der Waals surface area contributed by atoms with Crippen LogP contribution >= 0.6 is 34.2 Å². The first-order valence-corrected chi connectivity index (χ1v) is 8.49. The van der Waals surface area contributed by atoms with E-state index in [1.165, 1.54) is 19.1 Å². The average Bonchev–Trinajstić information content (AvgIpc) is 2.54. The van der Waals surface area contributed by atoms with E-state index in [1.807, 2.05) is 0 Å². The van der Waals surface area contributed by atoms with Gasteiger partial charge in [0.15, 0.2) is 17.6 Å². The maximum Gasteiger partial charge on any atom is 0.420 e. The molecule has 0 fully saturated rings. The van der Waals surface area contributed by atoms with Crippen LogP contribution in [-0.2, 0) is 4.79 Å². The van der Waals surface area contributed by atoms with Crippen LogP contribution < -0.4 is 4.74 Å². The number of benzene rings is 1. The number of carbonyl (C=O) groups is 1.